The van der Waals surface area contributed by atoms with Crippen LogP contribution in [0.5, 0.6) is 0 Å². The largest absolute Gasteiger partial charge is 0.503 e. The number of hydrogen-bond donors (Lipinski definition) is 2. The molecule has 0 saturated carbocycles. The van der Waals surface area contributed by atoms with Crippen LogP contribution in [0, 0.1) is 0 Å². The van der Waals surface area contributed by atoms with Crippen molar-refractivity contribution in [2.45, 2.75) is 20.8 Å². The molecule has 2 N–H and O–H groups in total. The Labute approximate surface area is 74.0 Å². The summed E-state index contributed by atoms with van der Waals surface area (Å²) in [4.78, 5) is 17.3. The molecule has 0 spiro atoms. The molecule has 4 nitrogen and oxygen atoms in total. The Kier molecular flexibility index (Phi) is 4.90. The van der Waals surface area contributed by atoms with Crippen molar-refractivity contribution < 1.29 is 18.7 Å². The molecule has 0 aromatic rings. The zero-order chi connectivity index (χ0) is 9.83. The van der Waals surface area contributed by atoms with E-state index in [1.54, 1.807) is 0 Å². The van der Waals surface area contributed by atoms with Crippen LogP contribution in [0.4, 0.5) is 0 Å². The third-order valence-electron chi connectivity index (χ3n) is 2.01. The van der Waals surface area contributed by atoms with Gasteiger partial charge in [-0.2, -0.15) is 0 Å². The van der Waals surface area contributed by atoms with E-state index in [0.29, 0.717) is 0 Å². The summed E-state index contributed by atoms with van der Waals surface area (Å²) in [6, 6.07) is 0. The van der Waals surface area contributed by atoms with E-state index in [-0.39, 0.29) is 0 Å². The molecule has 0 aromatic heterocycles. The maximum atomic E-state index is 10.6. The molecule has 0 atom stereocenters. The van der Waals surface area contributed by atoms with Crippen molar-refractivity contribution in [1.29, 1.82) is 0 Å². The van der Waals surface area contributed by atoms with Gasteiger partial charge in [-0.3, -0.25) is 0 Å². The number of hydrogen-bond acceptors (Lipinski definition) is 2. The maximum absolute atomic E-state index is 10.6. The molecule has 0 aliphatic heterocycles. The normalized spacial score (nSPS) is 13.4. The van der Waals surface area contributed by atoms with Crippen molar-refractivity contribution in [2.24, 2.45) is 0 Å². The Hall–Kier alpha value is 0.540. The van der Waals surface area contributed by atoms with Crippen LogP contribution in [0.15, 0.2) is 0 Å². The lowest BCUT2D eigenvalue weighted by Crippen LogP contribution is -2.05. The summed E-state index contributed by atoms with van der Waals surface area (Å²) in [6.07, 6.45) is 2.18. The topological polar surface area (TPSA) is 66.8 Å². The molecule has 0 radical (unpaired) electrons. The summed E-state index contributed by atoms with van der Waals surface area (Å²) < 4.78 is 15.5. The molecule has 0 aliphatic carbocycles. The van der Waals surface area contributed by atoms with Gasteiger partial charge in [0.15, 0.2) is 7.49 Å². The Balaban J connectivity index is 4.41. The van der Waals surface area contributed by atoms with Crippen LogP contribution in [-0.4, -0.2) is 28.3 Å². The van der Waals surface area contributed by atoms with Crippen LogP contribution < -0.4 is 0 Å². The molecule has 0 aromatic carbocycles. The zero-order valence-electron chi connectivity index (χ0n) is 7.73. The highest BCUT2D eigenvalue weighted by molar-refractivity contribution is 7.76. The van der Waals surface area contributed by atoms with Crippen molar-refractivity contribution in [1.82, 2.24) is 0 Å². The van der Waals surface area contributed by atoms with Crippen LogP contribution in [-0.2, 0) is 8.88 Å². The van der Waals surface area contributed by atoms with Crippen LogP contribution in [0.1, 0.15) is 20.8 Å². The monoisotopic (exact) mass is 215 g/mol. The van der Waals surface area contributed by atoms with Crippen molar-refractivity contribution in [3.8, 4) is 0 Å². The summed E-state index contributed by atoms with van der Waals surface area (Å²) in [6.45, 7) is 5.74. The highest BCUT2D eigenvalue weighted by Gasteiger charge is 2.41. The second kappa shape index (κ2) is 4.69. The van der Waals surface area contributed by atoms with Gasteiger partial charge in [-0.15, -0.1) is 4.31 Å². The molecule has 0 bridgehead atoms. The average molecular weight is 215 g/mol. The summed E-state index contributed by atoms with van der Waals surface area (Å²) in [5.41, 5.74) is 0. The van der Waals surface area contributed by atoms with Crippen molar-refractivity contribution >= 4 is 15.3 Å². The minimum Gasteiger partial charge on any atom is -0.301 e. The molecule has 0 fully saturated rings. The van der Waals surface area contributed by atoms with Gasteiger partial charge in [0.25, 0.3) is 0 Å². The van der Waals surface area contributed by atoms with Crippen LogP contribution in [0.2, 0.25) is 0 Å². The lowest BCUT2D eigenvalue weighted by Gasteiger charge is -2.21. The Morgan fingerprint density at radius 3 is 1.58 bits per heavy atom. The van der Waals surface area contributed by atoms with Crippen LogP contribution >= 0.6 is 15.3 Å². The molecule has 0 unspecified atom stereocenters. The van der Waals surface area contributed by atoms with Gasteiger partial charge in [0.2, 0.25) is 0 Å². The summed E-state index contributed by atoms with van der Waals surface area (Å²) in [5, 5.41) is 0. The van der Waals surface area contributed by atoms with Gasteiger partial charge >= 0.3 is 7.82 Å². The van der Waals surface area contributed by atoms with Crippen molar-refractivity contribution in [3.63, 3.8) is 0 Å². The van der Waals surface area contributed by atoms with Gasteiger partial charge in [0, 0.05) is 0 Å². The molecule has 12 heavy (non-hydrogen) atoms. The van der Waals surface area contributed by atoms with Gasteiger partial charge in [-0.05, 0) is 20.8 Å². The first-order chi connectivity index (χ1) is 5.39. The third-order valence-corrected chi connectivity index (χ3v) is 7.70. The average Bonchev–Trinajstić information content (AvgIpc) is 1.99. The van der Waals surface area contributed by atoms with Gasteiger partial charge in [0.1, 0.15) is 0 Å². The number of phosphoric acid groups is 1. The van der Waals surface area contributed by atoms with Gasteiger partial charge in [-0.1, -0.05) is 0 Å². The maximum Gasteiger partial charge on any atom is 0.503 e. The van der Waals surface area contributed by atoms with Gasteiger partial charge in [0.05, 0.1) is 18.5 Å². The molecule has 74 valence electrons. The first-order valence-electron chi connectivity index (χ1n) is 4.02. The Morgan fingerprint density at radius 2 is 1.50 bits per heavy atom. The van der Waals surface area contributed by atoms with E-state index < -0.39 is 15.3 Å². The highest BCUT2D eigenvalue weighted by atomic mass is 31.3. The fourth-order valence-corrected chi connectivity index (χ4v) is 5.60. The molecule has 0 saturated heterocycles. The number of rotatable bonds is 5. The molecule has 0 heterocycles. The molecule has 0 rings (SSSR count). The fourth-order valence-electron chi connectivity index (χ4n) is 1.07. The second-order valence-electron chi connectivity index (χ2n) is 2.58. The van der Waals surface area contributed by atoms with Crippen LogP contribution in [0.3, 0.4) is 0 Å². The van der Waals surface area contributed by atoms with E-state index in [1.807, 2.05) is 20.8 Å². The summed E-state index contributed by atoms with van der Waals surface area (Å²) in [5.74, 6) is 0. The van der Waals surface area contributed by atoms with Crippen molar-refractivity contribution in [2.75, 3.05) is 18.5 Å². The lowest BCUT2D eigenvalue weighted by atomic mass is 10.9. The van der Waals surface area contributed by atoms with E-state index in [4.69, 9.17) is 14.1 Å². The Morgan fingerprint density at radius 1 is 1.17 bits per heavy atom. The lowest BCUT2D eigenvalue weighted by molar-refractivity contribution is 0.290. The first kappa shape index (κ1) is 12.5. The SMILES string of the molecule is CC[P+](CC)(CC)OP(=O)(O)O. The van der Waals surface area contributed by atoms with E-state index in [9.17, 15) is 4.57 Å². The molecular weight excluding hydrogens is 198 g/mol. The van der Waals surface area contributed by atoms with E-state index >= 15 is 0 Å². The highest BCUT2D eigenvalue weighted by Crippen LogP contribution is 2.67. The molecule has 6 heteroatoms. The standard InChI is InChI=1S/C6H16O4P2/c1-4-11(5-2,6-3)10-12(7,8)9/h4-6H2,1-3H3,(H-,7,8,9)/p+1. The first-order valence-corrected chi connectivity index (χ1v) is 7.81. The predicted molar refractivity (Wildman–Crippen MR) is 51.7 cm³/mol. The molecule has 0 aliphatic rings. The predicted octanol–water partition coefficient (Wildman–Crippen LogP) is 2.09. The van der Waals surface area contributed by atoms with E-state index in [2.05, 4.69) is 0 Å². The minimum atomic E-state index is -4.29. The van der Waals surface area contributed by atoms with Gasteiger partial charge in [-0.25, -0.2) is 4.57 Å². The smallest absolute Gasteiger partial charge is 0.301 e. The fraction of sp³-hybridized carbons (Fsp3) is 1.00. The van der Waals surface area contributed by atoms with E-state index in [0.717, 1.165) is 18.5 Å². The van der Waals surface area contributed by atoms with E-state index in [1.165, 1.54) is 0 Å². The minimum absolute atomic E-state index is 0.727. The third kappa shape index (κ3) is 3.97. The molecular formula is C6H17O4P2+. The summed E-state index contributed by atoms with van der Waals surface area (Å²) >= 11 is 0. The Bertz CT molecular complexity index is 164. The zero-order valence-corrected chi connectivity index (χ0v) is 9.52. The quantitative estimate of drug-likeness (QED) is 0.689. The van der Waals surface area contributed by atoms with Gasteiger partial charge < -0.3 is 9.79 Å². The van der Waals surface area contributed by atoms with Crippen molar-refractivity contribution in [3.05, 3.63) is 0 Å². The molecule has 0 amide bonds. The van der Waals surface area contributed by atoms with Crippen LogP contribution in [0.25, 0.3) is 0 Å². The second-order valence-corrected chi connectivity index (χ2v) is 8.23. The summed E-state index contributed by atoms with van der Waals surface area (Å²) in [7, 11) is -6.11.